The number of aromatic nitrogens is 1. The molecule has 2 nitrogen and oxygen atoms in total. The Kier molecular flexibility index (Phi) is 5.31. The van der Waals surface area contributed by atoms with Gasteiger partial charge in [0.15, 0.2) is 0 Å². The molecular weight excluding hydrogens is 244 g/mol. The van der Waals surface area contributed by atoms with Crippen molar-refractivity contribution in [2.45, 2.75) is 39.7 Å². The van der Waals surface area contributed by atoms with Crippen LogP contribution in [-0.2, 0) is 12.8 Å². The molecule has 0 bridgehead atoms. The minimum atomic E-state index is 0.474. The number of nitrogens with one attached hydrogen (secondary N) is 1. The fraction of sp³-hybridized carbons (Fsp3) is 0.389. The van der Waals surface area contributed by atoms with Gasteiger partial charge in [0.05, 0.1) is 0 Å². The van der Waals surface area contributed by atoms with E-state index in [0.717, 1.165) is 19.4 Å². The van der Waals surface area contributed by atoms with E-state index in [1.54, 1.807) is 0 Å². The largest absolute Gasteiger partial charge is 0.314 e. The Hall–Kier alpha value is -1.67. The van der Waals surface area contributed by atoms with E-state index in [1.807, 2.05) is 12.4 Å². The summed E-state index contributed by atoms with van der Waals surface area (Å²) in [5.74, 6) is 0. The van der Waals surface area contributed by atoms with Gasteiger partial charge in [-0.1, -0.05) is 25.1 Å². The SMILES string of the molecule is CCNC(Cc1ccncc1)Cc1c(C)cccc1C. The molecule has 0 aliphatic heterocycles. The lowest BCUT2D eigenvalue weighted by Crippen LogP contribution is -2.33. The second-order valence-corrected chi connectivity index (χ2v) is 5.39. The zero-order valence-electron chi connectivity index (χ0n) is 12.7. The predicted octanol–water partition coefficient (Wildman–Crippen LogP) is 3.46. The highest BCUT2D eigenvalue weighted by molar-refractivity contribution is 5.34. The zero-order valence-corrected chi connectivity index (χ0v) is 12.7. The molecule has 2 heteroatoms. The number of likely N-dealkylation sites (N-methyl/N-ethyl adjacent to an activating group) is 1. The summed E-state index contributed by atoms with van der Waals surface area (Å²) in [5, 5.41) is 3.61. The molecular formula is C18H24N2. The van der Waals surface area contributed by atoms with Gasteiger partial charge in [0.1, 0.15) is 0 Å². The van der Waals surface area contributed by atoms with Gasteiger partial charge in [-0.2, -0.15) is 0 Å². The van der Waals surface area contributed by atoms with Crippen LogP contribution in [0.2, 0.25) is 0 Å². The summed E-state index contributed by atoms with van der Waals surface area (Å²) < 4.78 is 0. The lowest BCUT2D eigenvalue weighted by Gasteiger charge is -2.20. The van der Waals surface area contributed by atoms with Crippen LogP contribution in [0.15, 0.2) is 42.7 Å². The Bertz CT molecular complexity index is 514. The maximum absolute atomic E-state index is 4.09. The number of rotatable bonds is 6. The minimum Gasteiger partial charge on any atom is -0.314 e. The zero-order chi connectivity index (χ0) is 14.4. The highest BCUT2D eigenvalue weighted by atomic mass is 14.9. The van der Waals surface area contributed by atoms with E-state index >= 15 is 0 Å². The molecule has 20 heavy (non-hydrogen) atoms. The molecule has 0 saturated heterocycles. The van der Waals surface area contributed by atoms with Gasteiger partial charge in [-0.3, -0.25) is 4.98 Å². The third-order valence-electron chi connectivity index (χ3n) is 3.82. The summed E-state index contributed by atoms with van der Waals surface area (Å²) >= 11 is 0. The second kappa shape index (κ2) is 7.20. The average Bonchev–Trinajstić information content (AvgIpc) is 2.44. The van der Waals surface area contributed by atoms with Crippen LogP contribution < -0.4 is 5.32 Å². The van der Waals surface area contributed by atoms with E-state index in [9.17, 15) is 0 Å². The normalized spacial score (nSPS) is 12.3. The van der Waals surface area contributed by atoms with Crippen molar-refractivity contribution >= 4 is 0 Å². The van der Waals surface area contributed by atoms with Crippen molar-refractivity contribution in [3.8, 4) is 0 Å². The Morgan fingerprint density at radius 3 is 2.25 bits per heavy atom. The molecule has 0 saturated carbocycles. The van der Waals surface area contributed by atoms with E-state index in [-0.39, 0.29) is 0 Å². The number of aryl methyl sites for hydroxylation is 2. The maximum atomic E-state index is 4.09. The molecule has 1 atom stereocenters. The minimum absolute atomic E-state index is 0.474. The first kappa shape index (κ1) is 14.7. The Morgan fingerprint density at radius 2 is 1.65 bits per heavy atom. The van der Waals surface area contributed by atoms with E-state index in [4.69, 9.17) is 0 Å². The molecule has 0 aliphatic rings. The average molecular weight is 268 g/mol. The van der Waals surface area contributed by atoms with E-state index < -0.39 is 0 Å². The summed E-state index contributed by atoms with van der Waals surface area (Å²) in [7, 11) is 0. The molecule has 2 rings (SSSR count). The number of pyridine rings is 1. The van der Waals surface area contributed by atoms with Crippen molar-refractivity contribution in [1.29, 1.82) is 0 Å². The first-order valence-electron chi connectivity index (χ1n) is 7.38. The third-order valence-corrected chi connectivity index (χ3v) is 3.82. The molecule has 2 aromatic rings. The summed E-state index contributed by atoms with van der Waals surface area (Å²) in [6, 6.07) is 11.2. The van der Waals surface area contributed by atoms with Crippen LogP contribution in [0.5, 0.6) is 0 Å². The first-order valence-corrected chi connectivity index (χ1v) is 7.38. The molecule has 0 fully saturated rings. The number of hydrogen-bond donors (Lipinski definition) is 1. The van der Waals surface area contributed by atoms with Crippen LogP contribution in [0.4, 0.5) is 0 Å². The number of hydrogen-bond acceptors (Lipinski definition) is 2. The summed E-state index contributed by atoms with van der Waals surface area (Å²) in [6.45, 7) is 7.58. The van der Waals surface area contributed by atoms with E-state index in [2.05, 4.69) is 61.4 Å². The van der Waals surface area contributed by atoms with Crippen LogP contribution in [0.25, 0.3) is 0 Å². The lowest BCUT2D eigenvalue weighted by atomic mass is 9.93. The summed E-state index contributed by atoms with van der Waals surface area (Å²) in [4.78, 5) is 4.09. The first-order chi connectivity index (χ1) is 9.70. The molecule has 1 aromatic carbocycles. The summed E-state index contributed by atoms with van der Waals surface area (Å²) in [5.41, 5.74) is 5.61. The predicted molar refractivity (Wildman–Crippen MR) is 85.0 cm³/mol. The fourth-order valence-electron chi connectivity index (χ4n) is 2.73. The van der Waals surface area contributed by atoms with Crippen LogP contribution >= 0.6 is 0 Å². The van der Waals surface area contributed by atoms with Crippen LogP contribution in [0, 0.1) is 13.8 Å². The molecule has 1 heterocycles. The van der Waals surface area contributed by atoms with Gasteiger partial charge in [0.2, 0.25) is 0 Å². The number of nitrogens with zero attached hydrogens (tertiary/aromatic N) is 1. The summed E-state index contributed by atoms with van der Waals surface area (Å²) in [6.07, 6.45) is 5.87. The van der Waals surface area contributed by atoms with Gasteiger partial charge in [-0.25, -0.2) is 0 Å². The lowest BCUT2D eigenvalue weighted by molar-refractivity contribution is 0.519. The van der Waals surface area contributed by atoms with Crippen LogP contribution in [0.1, 0.15) is 29.2 Å². The fourth-order valence-corrected chi connectivity index (χ4v) is 2.73. The molecule has 1 unspecified atom stereocenters. The highest BCUT2D eigenvalue weighted by Crippen LogP contribution is 2.17. The molecule has 0 aliphatic carbocycles. The van der Waals surface area contributed by atoms with Gasteiger partial charge >= 0.3 is 0 Å². The Morgan fingerprint density at radius 1 is 1.00 bits per heavy atom. The molecule has 0 radical (unpaired) electrons. The maximum Gasteiger partial charge on any atom is 0.0270 e. The van der Waals surface area contributed by atoms with Gasteiger partial charge < -0.3 is 5.32 Å². The van der Waals surface area contributed by atoms with Crippen molar-refractivity contribution in [1.82, 2.24) is 10.3 Å². The van der Waals surface area contributed by atoms with E-state index in [0.29, 0.717) is 6.04 Å². The van der Waals surface area contributed by atoms with Crippen LogP contribution in [0.3, 0.4) is 0 Å². The Labute approximate surface area is 122 Å². The Balaban J connectivity index is 2.13. The van der Waals surface area contributed by atoms with Gasteiger partial charge in [-0.15, -0.1) is 0 Å². The van der Waals surface area contributed by atoms with Crippen molar-refractivity contribution in [2.24, 2.45) is 0 Å². The number of benzene rings is 1. The van der Waals surface area contributed by atoms with Crippen LogP contribution in [-0.4, -0.2) is 17.6 Å². The molecule has 1 aromatic heterocycles. The van der Waals surface area contributed by atoms with E-state index in [1.165, 1.54) is 22.3 Å². The highest BCUT2D eigenvalue weighted by Gasteiger charge is 2.12. The standard InChI is InChI=1S/C18H24N2/c1-4-20-17(12-16-8-10-19-11-9-16)13-18-14(2)6-5-7-15(18)3/h5-11,17,20H,4,12-13H2,1-3H3. The smallest absolute Gasteiger partial charge is 0.0270 e. The van der Waals surface area contributed by atoms with Crippen molar-refractivity contribution in [3.05, 3.63) is 65.0 Å². The van der Waals surface area contributed by atoms with Crippen molar-refractivity contribution in [2.75, 3.05) is 6.54 Å². The van der Waals surface area contributed by atoms with Gasteiger partial charge in [0.25, 0.3) is 0 Å². The third kappa shape index (κ3) is 3.91. The van der Waals surface area contributed by atoms with Gasteiger partial charge in [-0.05, 0) is 67.6 Å². The van der Waals surface area contributed by atoms with Gasteiger partial charge in [0, 0.05) is 18.4 Å². The van der Waals surface area contributed by atoms with Crippen molar-refractivity contribution < 1.29 is 0 Å². The topological polar surface area (TPSA) is 24.9 Å². The van der Waals surface area contributed by atoms with Crippen molar-refractivity contribution in [3.63, 3.8) is 0 Å². The monoisotopic (exact) mass is 268 g/mol. The molecule has 0 amide bonds. The second-order valence-electron chi connectivity index (χ2n) is 5.39. The molecule has 106 valence electrons. The quantitative estimate of drug-likeness (QED) is 0.868. The molecule has 0 spiro atoms. The molecule has 1 N–H and O–H groups in total.